The molecule has 1 aromatic rings. The lowest BCUT2D eigenvalue weighted by Gasteiger charge is -2.24. The Morgan fingerprint density at radius 1 is 1.32 bits per heavy atom. The van der Waals surface area contributed by atoms with Gasteiger partial charge in [-0.25, -0.2) is 0 Å². The van der Waals surface area contributed by atoms with E-state index in [2.05, 4.69) is 4.72 Å². The zero-order valence-corrected chi connectivity index (χ0v) is 11.9. The summed E-state index contributed by atoms with van der Waals surface area (Å²) in [6.07, 6.45) is 0.597. The van der Waals surface area contributed by atoms with E-state index in [1.807, 2.05) is 6.07 Å². The molecule has 0 saturated heterocycles. The minimum atomic E-state index is -3.57. The molecule has 6 nitrogen and oxygen atoms in total. The molecule has 0 radical (unpaired) electrons. The number of nitrogens with zero attached hydrogens (tertiary/aromatic N) is 1. The SMILES string of the molecule is COCCNS(=O)(=O)N(CCCN)c1ccccc1. The largest absolute Gasteiger partial charge is 0.383 e. The predicted octanol–water partition coefficient (Wildman–Crippen LogP) is 0.323. The first-order chi connectivity index (χ1) is 9.11. The van der Waals surface area contributed by atoms with Crippen LogP contribution in [0.25, 0.3) is 0 Å². The van der Waals surface area contributed by atoms with E-state index in [1.54, 1.807) is 24.3 Å². The van der Waals surface area contributed by atoms with Gasteiger partial charge in [0, 0.05) is 20.2 Å². The molecule has 1 aromatic carbocycles. The summed E-state index contributed by atoms with van der Waals surface area (Å²) in [6, 6.07) is 8.96. The summed E-state index contributed by atoms with van der Waals surface area (Å²) in [5.74, 6) is 0. The lowest BCUT2D eigenvalue weighted by Crippen LogP contribution is -2.43. The Hall–Kier alpha value is -1.15. The van der Waals surface area contributed by atoms with E-state index in [0.29, 0.717) is 31.8 Å². The van der Waals surface area contributed by atoms with Crippen molar-refractivity contribution < 1.29 is 13.2 Å². The molecule has 0 amide bonds. The van der Waals surface area contributed by atoms with Gasteiger partial charge in [-0.2, -0.15) is 13.1 Å². The van der Waals surface area contributed by atoms with Crippen LogP contribution in [0.5, 0.6) is 0 Å². The number of para-hydroxylation sites is 1. The van der Waals surface area contributed by atoms with Crippen molar-refractivity contribution in [2.24, 2.45) is 5.73 Å². The molecule has 0 saturated carbocycles. The van der Waals surface area contributed by atoms with Crippen molar-refractivity contribution in [3.63, 3.8) is 0 Å². The number of hydrogen-bond donors (Lipinski definition) is 2. The van der Waals surface area contributed by atoms with Gasteiger partial charge in [-0.05, 0) is 25.1 Å². The summed E-state index contributed by atoms with van der Waals surface area (Å²) in [7, 11) is -2.05. The van der Waals surface area contributed by atoms with E-state index in [4.69, 9.17) is 10.5 Å². The van der Waals surface area contributed by atoms with Gasteiger partial charge in [0.2, 0.25) is 0 Å². The Bertz CT molecular complexity index is 451. The maximum atomic E-state index is 12.2. The van der Waals surface area contributed by atoms with Gasteiger partial charge in [0.1, 0.15) is 0 Å². The van der Waals surface area contributed by atoms with Crippen LogP contribution in [-0.4, -0.2) is 41.8 Å². The van der Waals surface area contributed by atoms with Crippen molar-refractivity contribution in [2.45, 2.75) is 6.42 Å². The van der Waals surface area contributed by atoms with Gasteiger partial charge in [-0.15, -0.1) is 0 Å². The van der Waals surface area contributed by atoms with E-state index in [1.165, 1.54) is 11.4 Å². The summed E-state index contributed by atoms with van der Waals surface area (Å²) in [6.45, 7) is 1.36. The van der Waals surface area contributed by atoms with E-state index in [9.17, 15) is 8.42 Å². The quantitative estimate of drug-likeness (QED) is 0.641. The van der Waals surface area contributed by atoms with Crippen molar-refractivity contribution in [3.8, 4) is 0 Å². The molecular weight excluding hydrogens is 266 g/mol. The van der Waals surface area contributed by atoms with Crippen molar-refractivity contribution in [1.29, 1.82) is 0 Å². The molecule has 1 rings (SSSR count). The lowest BCUT2D eigenvalue weighted by atomic mass is 10.3. The summed E-state index contributed by atoms with van der Waals surface area (Å²) >= 11 is 0. The number of rotatable bonds is 9. The van der Waals surface area contributed by atoms with Crippen LogP contribution in [-0.2, 0) is 14.9 Å². The summed E-state index contributed by atoms with van der Waals surface area (Å²) in [5.41, 5.74) is 6.08. The van der Waals surface area contributed by atoms with E-state index < -0.39 is 10.2 Å². The number of hydrogen-bond acceptors (Lipinski definition) is 4. The number of benzene rings is 1. The standard InChI is InChI=1S/C12H21N3O3S/c1-18-11-9-14-19(16,17)15(10-5-8-13)12-6-3-2-4-7-12/h2-4,6-7,14H,5,8-11,13H2,1H3. The maximum absolute atomic E-state index is 12.2. The Morgan fingerprint density at radius 3 is 2.58 bits per heavy atom. The van der Waals surface area contributed by atoms with Crippen LogP contribution in [0.1, 0.15) is 6.42 Å². The summed E-state index contributed by atoms with van der Waals surface area (Å²) in [4.78, 5) is 0. The fourth-order valence-electron chi connectivity index (χ4n) is 1.57. The minimum absolute atomic E-state index is 0.241. The molecule has 19 heavy (non-hydrogen) atoms. The van der Waals surface area contributed by atoms with Gasteiger partial charge in [-0.3, -0.25) is 4.31 Å². The smallest absolute Gasteiger partial charge is 0.301 e. The molecule has 7 heteroatoms. The van der Waals surface area contributed by atoms with Crippen LogP contribution in [0, 0.1) is 0 Å². The molecule has 0 aliphatic heterocycles. The second kappa shape index (κ2) is 8.11. The normalized spacial score (nSPS) is 11.5. The Kier molecular flexibility index (Phi) is 6.79. The van der Waals surface area contributed by atoms with Gasteiger partial charge in [0.25, 0.3) is 0 Å². The average Bonchev–Trinajstić information content (AvgIpc) is 2.40. The van der Waals surface area contributed by atoms with Crippen molar-refractivity contribution in [1.82, 2.24) is 4.72 Å². The first-order valence-electron chi connectivity index (χ1n) is 6.13. The second-order valence-electron chi connectivity index (χ2n) is 3.94. The van der Waals surface area contributed by atoms with Crippen LogP contribution in [0.4, 0.5) is 5.69 Å². The molecule has 0 bridgehead atoms. The number of methoxy groups -OCH3 is 1. The van der Waals surface area contributed by atoms with Crippen molar-refractivity contribution >= 4 is 15.9 Å². The molecule has 0 heterocycles. The van der Waals surface area contributed by atoms with Crippen LogP contribution in [0.15, 0.2) is 30.3 Å². The first-order valence-corrected chi connectivity index (χ1v) is 7.57. The maximum Gasteiger partial charge on any atom is 0.301 e. The minimum Gasteiger partial charge on any atom is -0.383 e. The predicted molar refractivity (Wildman–Crippen MR) is 76.3 cm³/mol. The number of nitrogens with one attached hydrogen (secondary N) is 1. The van der Waals surface area contributed by atoms with Gasteiger partial charge in [-0.1, -0.05) is 18.2 Å². The molecule has 0 fully saturated rings. The second-order valence-corrected chi connectivity index (χ2v) is 5.62. The van der Waals surface area contributed by atoms with Crippen molar-refractivity contribution in [3.05, 3.63) is 30.3 Å². The third kappa shape index (κ3) is 5.15. The van der Waals surface area contributed by atoms with E-state index >= 15 is 0 Å². The van der Waals surface area contributed by atoms with Gasteiger partial charge in [0.15, 0.2) is 0 Å². The monoisotopic (exact) mass is 287 g/mol. The highest BCUT2D eigenvalue weighted by molar-refractivity contribution is 7.90. The molecule has 3 N–H and O–H groups in total. The van der Waals surface area contributed by atoms with Gasteiger partial charge >= 0.3 is 10.2 Å². The Morgan fingerprint density at radius 2 is 2.00 bits per heavy atom. The number of ether oxygens (including phenoxy) is 1. The van der Waals surface area contributed by atoms with Gasteiger partial charge < -0.3 is 10.5 Å². The van der Waals surface area contributed by atoms with Crippen LogP contribution >= 0.6 is 0 Å². The Labute approximate surface area is 114 Å². The zero-order valence-electron chi connectivity index (χ0n) is 11.1. The lowest BCUT2D eigenvalue weighted by molar-refractivity contribution is 0.204. The molecule has 108 valence electrons. The highest BCUT2D eigenvalue weighted by atomic mass is 32.2. The molecule has 0 aliphatic rings. The van der Waals surface area contributed by atoms with Crippen LogP contribution < -0.4 is 14.8 Å². The Balaban J connectivity index is 2.84. The van der Waals surface area contributed by atoms with Crippen LogP contribution in [0.3, 0.4) is 0 Å². The first kappa shape index (κ1) is 15.9. The molecule has 0 spiro atoms. The molecule has 0 atom stereocenters. The molecule has 0 aliphatic carbocycles. The average molecular weight is 287 g/mol. The fraction of sp³-hybridized carbons (Fsp3) is 0.500. The topological polar surface area (TPSA) is 84.7 Å². The third-order valence-electron chi connectivity index (χ3n) is 2.49. The van der Waals surface area contributed by atoms with E-state index in [-0.39, 0.29) is 6.54 Å². The zero-order chi connectivity index (χ0) is 14.1. The highest BCUT2D eigenvalue weighted by Crippen LogP contribution is 2.16. The molecule has 0 unspecified atom stereocenters. The molecule has 0 aromatic heterocycles. The van der Waals surface area contributed by atoms with Crippen molar-refractivity contribution in [2.75, 3.05) is 37.7 Å². The number of nitrogens with two attached hydrogens (primary N) is 1. The molecular formula is C12H21N3O3S. The van der Waals surface area contributed by atoms with Gasteiger partial charge in [0.05, 0.1) is 12.3 Å². The van der Waals surface area contributed by atoms with E-state index in [0.717, 1.165) is 0 Å². The number of anilines is 1. The van der Waals surface area contributed by atoms with Crippen LogP contribution in [0.2, 0.25) is 0 Å². The third-order valence-corrected chi connectivity index (χ3v) is 4.03. The highest BCUT2D eigenvalue weighted by Gasteiger charge is 2.20. The summed E-state index contributed by atoms with van der Waals surface area (Å²) in [5, 5.41) is 0. The fourth-order valence-corrected chi connectivity index (χ4v) is 2.83. The summed E-state index contributed by atoms with van der Waals surface area (Å²) < 4.78 is 33.1.